The standard InChI is InChI=1S/C28H34O2/c1-6-30-24(29)15-14-20-10-7-8-11-21(20)28(18-19-28)23-13-9-12-22-25(23)27(4,5)17-16-26(22,2)3/h7-15H,6,16-19H2,1-5H3/b15-14+. The SMILES string of the molecule is CCOC(=O)/C=C/c1ccccc1C1(c2cccc3c2C(C)(C)CCC3(C)C)CC1. The van der Waals surface area contributed by atoms with Crippen LogP contribution in [-0.4, -0.2) is 12.6 Å². The van der Waals surface area contributed by atoms with Crippen molar-refractivity contribution in [2.45, 2.75) is 76.5 Å². The van der Waals surface area contributed by atoms with E-state index in [2.05, 4.69) is 70.2 Å². The molecule has 0 saturated heterocycles. The molecule has 0 aromatic heterocycles. The predicted octanol–water partition coefficient (Wildman–Crippen LogP) is 6.69. The number of hydrogen-bond donors (Lipinski definition) is 0. The van der Waals surface area contributed by atoms with Gasteiger partial charge in [-0.1, -0.05) is 70.2 Å². The molecule has 158 valence electrons. The van der Waals surface area contributed by atoms with Crippen LogP contribution in [0.15, 0.2) is 48.5 Å². The van der Waals surface area contributed by atoms with Crippen LogP contribution in [0.5, 0.6) is 0 Å². The van der Waals surface area contributed by atoms with E-state index in [1.807, 2.05) is 13.0 Å². The van der Waals surface area contributed by atoms with Crippen molar-refractivity contribution in [3.63, 3.8) is 0 Å². The van der Waals surface area contributed by atoms with Gasteiger partial charge in [0.1, 0.15) is 0 Å². The number of esters is 1. The van der Waals surface area contributed by atoms with Gasteiger partial charge in [-0.3, -0.25) is 0 Å². The summed E-state index contributed by atoms with van der Waals surface area (Å²) in [7, 11) is 0. The number of fused-ring (bicyclic) bond motifs is 1. The molecule has 1 saturated carbocycles. The Morgan fingerprint density at radius 2 is 1.50 bits per heavy atom. The highest BCUT2D eigenvalue weighted by Crippen LogP contribution is 2.59. The Balaban J connectivity index is 1.84. The van der Waals surface area contributed by atoms with Gasteiger partial charge in [-0.25, -0.2) is 4.79 Å². The van der Waals surface area contributed by atoms with Crippen molar-refractivity contribution in [3.8, 4) is 0 Å². The van der Waals surface area contributed by atoms with Crippen LogP contribution in [0.3, 0.4) is 0 Å². The molecule has 4 rings (SSSR count). The number of ether oxygens (including phenoxy) is 1. The molecule has 0 radical (unpaired) electrons. The molecule has 1 fully saturated rings. The lowest BCUT2D eigenvalue weighted by Crippen LogP contribution is -2.36. The van der Waals surface area contributed by atoms with Crippen LogP contribution in [0.2, 0.25) is 0 Å². The Morgan fingerprint density at radius 3 is 2.20 bits per heavy atom. The largest absolute Gasteiger partial charge is 0.463 e. The summed E-state index contributed by atoms with van der Waals surface area (Å²) in [6.45, 7) is 11.8. The van der Waals surface area contributed by atoms with Gasteiger partial charge < -0.3 is 4.74 Å². The summed E-state index contributed by atoms with van der Waals surface area (Å²) >= 11 is 0. The van der Waals surface area contributed by atoms with Crippen molar-refractivity contribution < 1.29 is 9.53 Å². The fourth-order valence-electron chi connectivity index (χ4n) is 5.36. The van der Waals surface area contributed by atoms with Gasteiger partial charge in [0.25, 0.3) is 0 Å². The second-order valence-corrected chi connectivity index (χ2v) is 10.3. The van der Waals surface area contributed by atoms with Crippen LogP contribution in [0.4, 0.5) is 0 Å². The highest BCUT2D eigenvalue weighted by atomic mass is 16.5. The zero-order chi connectivity index (χ0) is 21.6. The minimum atomic E-state index is -0.280. The van der Waals surface area contributed by atoms with Crippen molar-refractivity contribution in [1.29, 1.82) is 0 Å². The van der Waals surface area contributed by atoms with Crippen LogP contribution < -0.4 is 0 Å². The molecular weight excluding hydrogens is 368 g/mol. The molecular formula is C28H34O2. The summed E-state index contributed by atoms with van der Waals surface area (Å²) in [6.07, 6.45) is 8.24. The number of benzene rings is 2. The smallest absolute Gasteiger partial charge is 0.330 e. The van der Waals surface area contributed by atoms with Crippen LogP contribution in [0.1, 0.15) is 88.1 Å². The highest BCUT2D eigenvalue weighted by Gasteiger charge is 2.51. The molecule has 2 aliphatic rings. The summed E-state index contributed by atoms with van der Waals surface area (Å²) < 4.78 is 5.09. The zero-order valence-electron chi connectivity index (χ0n) is 19.0. The first-order chi connectivity index (χ1) is 14.2. The molecule has 2 heteroatoms. The quantitative estimate of drug-likeness (QED) is 0.411. The third-order valence-corrected chi connectivity index (χ3v) is 7.27. The molecule has 2 aromatic rings. The summed E-state index contributed by atoms with van der Waals surface area (Å²) in [5.74, 6) is -0.280. The minimum absolute atomic E-state index is 0.0472. The first-order valence-electron chi connectivity index (χ1n) is 11.3. The van der Waals surface area contributed by atoms with E-state index in [1.54, 1.807) is 11.6 Å². The topological polar surface area (TPSA) is 26.3 Å². The first kappa shape index (κ1) is 20.9. The molecule has 0 spiro atoms. The summed E-state index contributed by atoms with van der Waals surface area (Å²) in [6, 6.07) is 15.5. The summed E-state index contributed by atoms with van der Waals surface area (Å²) in [5, 5.41) is 0. The lowest BCUT2D eigenvalue weighted by molar-refractivity contribution is -0.137. The molecule has 0 heterocycles. The molecule has 0 aliphatic heterocycles. The van der Waals surface area contributed by atoms with Crippen molar-refractivity contribution in [1.82, 2.24) is 0 Å². The Bertz CT molecular complexity index is 989. The highest BCUT2D eigenvalue weighted by molar-refractivity contribution is 5.87. The van der Waals surface area contributed by atoms with Gasteiger partial charge in [0.15, 0.2) is 0 Å². The van der Waals surface area contributed by atoms with Crippen molar-refractivity contribution in [2.75, 3.05) is 6.61 Å². The third-order valence-electron chi connectivity index (χ3n) is 7.27. The summed E-state index contributed by atoms with van der Waals surface area (Å²) in [5.41, 5.74) is 7.45. The van der Waals surface area contributed by atoms with E-state index in [1.165, 1.54) is 29.5 Å². The lowest BCUT2D eigenvalue weighted by Gasteiger charge is -2.44. The third kappa shape index (κ3) is 3.51. The fraction of sp³-hybridized carbons (Fsp3) is 0.464. The predicted molar refractivity (Wildman–Crippen MR) is 124 cm³/mol. The number of carbonyl (C=O) groups is 1. The Morgan fingerprint density at radius 1 is 0.867 bits per heavy atom. The van der Waals surface area contributed by atoms with Gasteiger partial charge >= 0.3 is 5.97 Å². The molecule has 0 atom stereocenters. The average Bonchev–Trinajstić information content (AvgIpc) is 3.52. The Labute approximate surface area is 181 Å². The van der Waals surface area contributed by atoms with Crippen LogP contribution in [0.25, 0.3) is 6.08 Å². The number of carbonyl (C=O) groups excluding carboxylic acids is 1. The molecule has 0 bridgehead atoms. The molecule has 30 heavy (non-hydrogen) atoms. The van der Waals surface area contributed by atoms with E-state index < -0.39 is 0 Å². The van der Waals surface area contributed by atoms with Gasteiger partial charge in [-0.15, -0.1) is 0 Å². The molecule has 2 aromatic carbocycles. The number of rotatable bonds is 5. The van der Waals surface area contributed by atoms with E-state index in [0.717, 1.165) is 18.4 Å². The molecule has 0 amide bonds. The molecule has 2 aliphatic carbocycles. The van der Waals surface area contributed by atoms with Gasteiger partial charge in [0.2, 0.25) is 0 Å². The maximum Gasteiger partial charge on any atom is 0.330 e. The maximum absolute atomic E-state index is 11.9. The first-order valence-corrected chi connectivity index (χ1v) is 11.3. The minimum Gasteiger partial charge on any atom is -0.463 e. The Kier molecular flexibility index (Phi) is 5.16. The Hall–Kier alpha value is -2.35. The molecule has 2 nitrogen and oxygen atoms in total. The van der Waals surface area contributed by atoms with Gasteiger partial charge in [0, 0.05) is 11.5 Å². The second kappa shape index (κ2) is 7.41. The van der Waals surface area contributed by atoms with Gasteiger partial charge in [0.05, 0.1) is 6.61 Å². The van der Waals surface area contributed by atoms with Gasteiger partial charge in [-0.05, 0) is 77.3 Å². The van der Waals surface area contributed by atoms with Crippen molar-refractivity contribution >= 4 is 12.0 Å². The van der Waals surface area contributed by atoms with E-state index in [4.69, 9.17) is 4.74 Å². The van der Waals surface area contributed by atoms with Gasteiger partial charge in [-0.2, -0.15) is 0 Å². The van der Waals surface area contributed by atoms with Crippen LogP contribution in [0, 0.1) is 0 Å². The average molecular weight is 403 g/mol. The van der Waals surface area contributed by atoms with E-state index in [9.17, 15) is 4.79 Å². The van der Waals surface area contributed by atoms with E-state index in [-0.39, 0.29) is 22.2 Å². The van der Waals surface area contributed by atoms with Crippen LogP contribution in [-0.2, 0) is 25.8 Å². The summed E-state index contributed by atoms with van der Waals surface area (Å²) in [4.78, 5) is 11.9. The maximum atomic E-state index is 11.9. The van der Waals surface area contributed by atoms with Crippen molar-refractivity contribution in [3.05, 3.63) is 76.4 Å². The monoisotopic (exact) mass is 402 g/mol. The van der Waals surface area contributed by atoms with Crippen molar-refractivity contribution in [2.24, 2.45) is 0 Å². The normalized spacial score (nSPS) is 20.6. The van der Waals surface area contributed by atoms with Crippen LogP contribution >= 0.6 is 0 Å². The fourth-order valence-corrected chi connectivity index (χ4v) is 5.36. The van der Waals surface area contributed by atoms with E-state index >= 15 is 0 Å². The second-order valence-electron chi connectivity index (χ2n) is 10.3. The molecule has 0 N–H and O–H groups in total. The van der Waals surface area contributed by atoms with E-state index in [0.29, 0.717) is 6.61 Å². The molecule has 0 unspecified atom stereocenters. The zero-order valence-corrected chi connectivity index (χ0v) is 19.0. The lowest BCUT2D eigenvalue weighted by atomic mass is 9.60. The number of hydrogen-bond acceptors (Lipinski definition) is 2.